The molecule has 1 rings (SSSR count). The monoisotopic (exact) mass is 244 g/mol. The van der Waals surface area contributed by atoms with E-state index < -0.39 is 10.2 Å². The SMILES string of the molecule is CC(C)N(C)S(=O)(=O)Nc1cccc(O)c1. The quantitative estimate of drug-likeness (QED) is 0.841. The Morgan fingerprint density at radius 3 is 2.50 bits per heavy atom. The summed E-state index contributed by atoms with van der Waals surface area (Å²) in [7, 11) is -2.06. The number of nitrogens with zero attached hydrogens (tertiary/aromatic N) is 1. The van der Waals surface area contributed by atoms with Gasteiger partial charge in [0.25, 0.3) is 0 Å². The van der Waals surface area contributed by atoms with Crippen molar-refractivity contribution in [2.24, 2.45) is 0 Å². The van der Waals surface area contributed by atoms with Crippen LogP contribution < -0.4 is 4.72 Å². The molecule has 0 spiro atoms. The standard InChI is InChI=1S/C10H16N2O3S/c1-8(2)12(3)16(14,15)11-9-5-4-6-10(13)7-9/h4-8,11,13H,1-3H3. The van der Waals surface area contributed by atoms with Crippen molar-refractivity contribution in [1.82, 2.24) is 4.31 Å². The van der Waals surface area contributed by atoms with Crippen molar-refractivity contribution in [3.8, 4) is 5.75 Å². The fraction of sp³-hybridized carbons (Fsp3) is 0.400. The minimum absolute atomic E-state index is 0.0207. The van der Waals surface area contributed by atoms with Crippen LogP contribution in [-0.4, -0.2) is 30.9 Å². The number of phenolic OH excluding ortho intramolecular Hbond substituents is 1. The van der Waals surface area contributed by atoms with Crippen molar-refractivity contribution in [2.45, 2.75) is 19.9 Å². The molecule has 16 heavy (non-hydrogen) atoms. The van der Waals surface area contributed by atoms with Crippen LogP contribution in [0.5, 0.6) is 5.75 Å². The Labute approximate surface area is 95.9 Å². The lowest BCUT2D eigenvalue weighted by atomic mass is 10.3. The number of anilines is 1. The van der Waals surface area contributed by atoms with Crippen LogP contribution in [0.2, 0.25) is 0 Å². The lowest BCUT2D eigenvalue weighted by molar-refractivity contribution is 0.414. The van der Waals surface area contributed by atoms with Crippen molar-refractivity contribution in [3.05, 3.63) is 24.3 Å². The third kappa shape index (κ3) is 3.11. The normalized spacial score (nSPS) is 12.1. The molecule has 6 heteroatoms. The smallest absolute Gasteiger partial charge is 0.301 e. The maximum Gasteiger partial charge on any atom is 0.301 e. The van der Waals surface area contributed by atoms with E-state index in [0.29, 0.717) is 5.69 Å². The third-order valence-corrected chi connectivity index (χ3v) is 3.87. The van der Waals surface area contributed by atoms with E-state index >= 15 is 0 Å². The van der Waals surface area contributed by atoms with Gasteiger partial charge in [0.15, 0.2) is 0 Å². The lowest BCUT2D eigenvalue weighted by Crippen LogP contribution is -2.37. The first-order valence-electron chi connectivity index (χ1n) is 4.88. The molecular weight excluding hydrogens is 228 g/mol. The summed E-state index contributed by atoms with van der Waals surface area (Å²) < 4.78 is 27.2. The molecule has 0 aliphatic rings. The Balaban J connectivity index is 2.89. The Morgan fingerprint density at radius 1 is 1.38 bits per heavy atom. The van der Waals surface area contributed by atoms with Crippen LogP contribution in [0.4, 0.5) is 5.69 Å². The van der Waals surface area contributed by atoms with E-state index in [9.17, 15) is 13.5 Å². The molecule has 1 aromatic rings. The van der Waals surface area contributed by atoms with Crippen LogP contribution in [0.3, 0.4) is 0 Å². The average molecular weight is 244 g/mol. The van der Waals surface area contributed by atoms with Gasteiger partial charge in [-0.05, 0) is 26.0 Å². The Morgan fingerprint density at radius 2 is 2.00 bits per heavy atom. The number of hydrogen-bond acceptors (Lipinski definition) is 3. The van der Waals surface area contributed by atoms with E-state index in [0.717, 1.165) is 0 Å². The van der Waals surface area contributed by atoms with Gasteiger partial charge in [0.2, 0.25) is 0 Å². The number of aromatic hydroxyl groups is 1. The van der Waals surface area contributed by atoms with Gasteiger partial charge in [-0.3, -0.25) is 4.72 Å². The van der Waals surface area contributed by atoms with Gasteiger partial charge in [-0.15, -0.1) is 0 Å². The van der Waals surface area contributed by atoms with Crippen molar-refractivity contribution < 1.29 is 13.5 Å². The summed E-state index contributed by atoms with van der Waals surface area (Å²) in [5, 5.41) is 9.21. The molecule has 0 atom stereocenters. The molecule has 5 nitrogen and oxygen atoms in total. The molecular formula is C10H16N2O3S. The van der Waals surface area contributed by atoms with Crippen LogP contribution >= 0.6 is 0 Å². The van der Waals surface area contributed by atoms with Gasteiger partial charge in [-0.25, -0.2) is 0 Å². The van der Waals surface area contributed by atoms with E-state index in [1.165, 1.54) is 23.5 Å². The van der Waals surface area contributed by atoms with Crippen molar-refractivity contribution >= 4 is 15.9 Å². The summed E-state index contributed by atoms with van der Waals surface area (Å²) in [5.41, 5.74) is 0.340. The largest absolute Gasteiger partial charge is 0.508 e. The first-order valence-corrected chi connectivity index (χ1v) is 6.32. The minimum atomic E-state index is -3.56. The highest BCUT2D eigenvalue weighted by atomic mass is 32.2. The minimum Gasteiger partial charge on any atom is -0.508 e. The topological polar surface area (TPSA) is 69.6 Å². The van der Waals surface area contributed by atoms with Crippen LogP contribution in [-0.2, 0) is 10.2 Å². The molecule has 0 radical (unpaired) electrons. The molecule has 0 aromatic heterocycles. The fourth-order valence-electron chi connectivity index (χ4n) is 1.07. The van der Waals surface area contributed by atoms with Gasteiger partial charge in [0.05, 0.1) is 5.69 Å². The molecule has 2 N–H and O–H groups in total. The molecule has 0 saturated heterocycles. The molecule has 90 valence electrons. The summed E-state index contributed by atoms with van der Waals surface area (Å²) >= 11 is 0. The second-order valence-corrected chi connectivity index (χ2v) is 5.50. The van der Waals surface area contributed by atoms with E-state index in [4.69, 9.17) is 0 Å². The van der Waals surface area contributed by atoms with Gasteiger partial charge >= 0.3 is 10.2 Å². The molecule has 0 saturated carbocycles. The lowest BCUT2D eigenvalue weighted by Gasteiger charge is -2.21. The molecule has 0 aliphatic carbocycles. The van der Waals surface area contributed by atoms with Crippen molar-refractivity contribution in [2.75, 3.05) is 11.8 Å². The van der Waals surface area contributed by atoms with Gasteiger partial charge in [0.1, 0.15) is 5.75 Å². The van der Waals surface area contributed by atoms with Crippen LogP contribution in [0.15, 0.2) is 24.3 Å². The Hall–Kier alpha value is -1.27. The zero-order valence-corrected chi connectivity index (χ0v) is 10.3. The number of phenols is 1. The number of nitrogens with one attached hydrogen (secondary N) is 1. The molecule has 0 amide bonds. The summed E-state index contributed by atoms with van der Waals surface area (Å²) in [6.45, 7) is 3.56. The van der Waals surface area contributed by atoms with Crippen molar-refractivity contribution in [3.63, 3.8) is 0 Å². The molecule has 0 fully saturated rings. The third-order valence-electron chi connectivity index (χ3n) is 2.20. The number of rotatable bonds is 4. The Bertz CT molecular complexity index is 457. The maximum atomic E-state index is 11.8. The first-order chi connectivity index (χ1) is 7.33. The van der Waals surface area contributed by atoms with Crippen LogP contribution in [0.1, 0.15) is 13.8 Å². The molecule has 0 aliphatic heterocycles. The maximum absolute atomic E-state index is 11.8. The number of benzene rings is 1. The van der Waals surface area contributed by atoms with E-state index in [1.54, 1.807) is 26.0 Å². The van der Waals surface area contributed by atoms with E-state index in [-0.39, 0.29) is 11.8 Å². The van der Waals surface area contributed by atoms with E-state index in [1.807, 2.05) is 0 Å². The summed E-state index contributed by atoms with van der Waals surface area (Å²) in [5.74, 6) is 0.0207. The first kappa shape index (κ1) is 12.8. The van der Waals surface area contributed by atoms with Crippen LogP contribution in [0.25, 0.3) is 0 Å². The van der Waals surface area contributed by atoms with Crippen molar-refractivity contribution in [1.29, 1.82) is 0 Å². The van der Waals surface area contributed by atoms with Gasteiger partial charge < -0.3 is 5.11 Å². The highest BCUT2D eigenvalue weighted by Crippen LogP contribution is 2.17. The number of hydrogen-bond donors (Lipinski definition) is 2. The molecule has 0 bridgehead atoms. The second-order valence-electron chi connectivity index (χ2n) is 3.77. The molecule has 0 heterocycles. The highest BCUT2D eigenvalue weighted by Gasteiger charge is 2.20. The molecule has 0 unspecified atom stereocenters. The zero-order valence-electron chi connectivity index (χ0n) is 9.51. The summed E-state index contributed by atoms with van der Waals surface area (Å²) in [6, 6.07) is 5.85. The average Bonchev–Trinajstić information content (AvgIpc) is 2.15. The predicted octanol–water partition coefficient (Wildman–Crippen LogP) is 1.39. The Kier molecular flexibility index (Phi) is 3.77. The summed E-state index contributed by atoms with van der Waals surface area (Å²) in [4.78, 5) is 0. The predicted molar refractivity (Wildman–Crippen MR) is 63.5 cm³/mol. The van der Waals surface area contributed by atoms with Gasteiger partial charge in [0, 0.05) is 19.2 Å². The molecule has 1 aromatic carbocycles. The van der Waals surface area contributed by atoms with Crippen LogP contribution in [0, 0.1) is 0 Å². The highest BCUT2D eigenvalue weighted by molar-refractivity contribution is 7.90. The van der Waals surface area contributed by atoms with Gasteiger partial charge in [-0.2, -0.15) is 12.7 Å². The summed E-state index contributed by atoms with van der Waals surface area (Å²) in [6.07, 6.45) is 0. The van der Waals surface area contributed by atoms with E-state index in [2.05, 4.69) is 4.72 Å². The second kappa shape index (κ2) is 4.71. The zero-order chi connectivity index (χ0) is 12.3. The van der Waals surface area contributed by atoms with Gasteiger partial charge in [-0.1, -0.05) is 6.07 Å². The fourth-order valence-corrected chi connectivity index (χ4v) is 2.19.